The van der Waals surface area contributed by atoms with Gasteiger partial charge in [-0.25, -0.2) is 0 Å². The third-order valence-corrected chi connectivity index (χ3v) is 5.46. The summed E-state index contributed by atoms with van der Waals surface area (Å²) in [6, 6.07) is 16.7. The van der Waals surface area contributed by atoms with E-state index in [4.69, 9.17) is 4.52 Å². The zero-order valence-electron chi connectivity index (χ0n) is 16.4. The molecule has 2 aromatic carbocycles. The molecular weight excluding hydrogens is 425 g/mol. The number of aryl methyl sites for hydroxylation is 1. The van der Waals surface area contributed by atoms with Crippen molar-refractivity contribution in [1.82, 2.24) is 20.3 Å². The van der Waals surface area contributed by atoms with Crippen molar-refractivity contribution >= 4 is 11.8 Å². The van der Waals surface area contributed by atoms with Crippen LogP contribution in [0.5, 0.6) is 0 Å². The molecule has 0 spiro atoms. The first kappa shape index (κ1) is 21.0. The molecule has 0 atom stereocenters. The van der Waals surface area contributed by atoms with Gasteiger partial charge in [0.2, 0.25) is 11.7 Å². The van der Waals surface area contributed by atoms with Crippen LogP contribution in [0.25, 0.3) is 22.6 Å². The smallest absolute Gasteiger partial charge is 0.338 e. The number of hydrogen-bond acceptors (Lipinski definition) is 6. The lowest BCUT2D eigenvalue weighted by Gasteiger charge is -2.06. The molecule has 31 heavy (non-hydrogen) atoms. The van der Waals surface area contributed by atoms with Gasteiger partial charge in [0.25, 0.3) is 0 Å². The fraction of sp³-hybridized carbons (Fsp3) is 0.182. The lowest BCUT2D eigenvalue weighted by molar-refractivity contribution is -0.137. The number of nitrogens with zero attached hydrogens (tertiary/aromatic N) is 4. The van der Waals surface area contributed by atoms with Crippen LogP contribution in [0.4, 0.5) is 13.2 Å². The molecule has 0 saturated heterocycles. The maximum Gasteiger partial charge on any atom is 0.416 e. The minimum atomic E-state index is -4.43. The second kappa shape index (κ2) is 8.89. The Morgan fingerprint density at radius 2 is 1.74 bits per heavy atom. The van der Waals surface area contributed by atoms with E-state index < -0.39 is 11.7 Å². The zero-order chi connectivity index (χ0) is 21.8. The van der Waals surface area contributed by atoms with Crippen molar-refractivity contribution in [3.05, 3.63) is 77.7 Å². The van der Waals surface area contributed by atoms with Crippen molar-refractivity contribution in [1.29, 1.82) is 0 Å². The summed E-state index contributed by atoms with van der Waals surface area (Å²) in [4.78, 5) is 4.19. The summed E-state index contributed by atoms with van der Waals surface area (Å²) >= 11 is 1.35. The molecule has 0 fully saturated rings. The van der Waals surface area contributed by atoms with Crippen LogP contribution in [0, 0.1) is 0 Å². The minimum absolute atomic E-state index is 0.110. The molecule has 2 aromatic heterocycles. The first-order valence-electron chi connectivity index (χ1n) is 9.48. The second-order valence-electron chi connectivity index (χ2n) is 6.69. The highest BCUT2D eigenvalue weighted by Crippen LogP contribution is 2.31. The molecule has 0 aliphatic heterocycles. The Morgan fingerprint density at radius 3 is 2.42 bits per heavy atom. The van der Waals surface area contributed by atoms with Gasteiger partial charge < -0.3 is 4.52 Å². The number of thioether (sulfide) groups is 1. The van der Waals surface area contributed by atoms with Crippen LogP contribution in [0.2, 0.25) is 0 Å². The molecule has 0 radical (unpaired) electrons. The SMILES string of the molecule is CCc1ccc(-c2ccc(SCc3nc(-c4cccc(C(F)(F)F)c4)no3)nn2)cc1. The molecule has 0 amide bonds. The summed E-state index contributed by atoms with van der Waals surface area (Å²) in [5, 5.41) is 12.9. The van der Waals surface area contributed by atoms with Crippen LogP contribution < -0.4 is 0 Å². The average molecular weight is 442 g/mol. The number of rotatable bonds is 6. The quantitative estimate of drug-likeness (QED) is 0.338. The van der Waals surface area contributed by atoms with E-state index in [0.717, 1.165) is 29.8 Å². The molecule has 158 valence electrons. The van der Waals surface area contributed by atoms with E-state index >= 15 is 0 Å². The lowest BCUT2D eigenvalue weighted by Crippen LogP contribution is -2.04. The zero-order valence-corrected chi connectivity index (χ0v) is 17.2. The molecule has 4 rings (SSSR count). The normalized spacial score (nSPS) is 11.6. The Balaban J connectivity index is 1.40. The van der Waals surface area contributed by atoms with Crippen LogP contribution in [0.15, 0.2) is 70.2 Å². The number of aromatic nitrogens is 4. The Morgan fingerprint density at radius 1 is 0.935 bits per heavy atom. The summed E-state index contributed by atoms with van der Waals surface area (Å²) in [7, 11) is 0. The number of benzene rings is 2. The van der Waals surface area contributed by atoms with Crippen molar-refractivity contribution in [2.75, 3.05) is 0 Å². The van der Waals surface area contributed by atoms with Crippen molar-refractivity contribution in [3.8, 4) is 22.6 Å². The van der Waals surface area contributed by atoms with Gasteiger partial charge in [-0.3, -0.25) is 0 Å². The Hall–Kier alpha value is -3.20. The molecule has 0 saturated carbocycles. The fourth-order valence-electron chi connectivity index (χ4n) is 2.86. The monoisotopic (exact) mass is 442 g/mol. The van der Waals surface area contributed by atoms with Gasteiger partial charge in [0.15, 0.2) is 0 Å². The maximum absolute atomic E-state index is 12.9. The number of alkyl halides is 3. The van der Waals surface area contributed by atoms with E-state index in [1.54, 1.807) is 0 Å². The summed E-state index contributed by atoms with van der Waals surface area (Å²) in [5.74, 6) is 0.725. The third-order valence-electron chi connectivity index (χ3n) is 4.56. The summed E-state index contributed by atoms with van der Waals surface area (Å²) in [5.41, 5.74) is 2.51. The maximum atomic E-state index is 12.9. The van der Waals surface area contributed by atoms with Gasteiger partial charge in [-0.1, -0.05) is 60.2 Å². The molecule has 0 aliphatic carbocycles. The molecular formula is C22H17F3N4OS. The third kappa shape index (κ3) is 5.11. The van der Waals surface area contributed by atoms with Gasteiger partial charge >= 0.3 is 6.18 Å². The predicted octanol–water partition coefficient (Wildman–Crippen LogP) is 6.07. The second-order valence-corrected chi connectivity index (χ2v) is 7.68. The van der Waals surface area contributed by atoms with Crippen LogP contribution >= 0.6 is 11.8 Å². The fourth-order valence-corrected chi connectivity index (χ4v) is 3.51. The van der Waals surface area contributed by atoms with Crippen molar-refractivity contribution in [3.63, 3.8) is 0 Å². The Labute approximate surface area is 180 Å². The van der Waals surface area contributed by atoms with E-state index in [1.807, 2.05) is 24.3 Å². The van der Waals surface area contributed by atoms with Crippen LogP contribution in [0.3, 0.4) is 0 Å². The van der Waals surface area contributed by atoms with Gasteiger partial charge in [0.1, 0.15) is 5.03 Å². The standard InChI is InChI=1S/C22H17F3N4OS/c1-2-14-6-8-15(9-7-14)18-10-11-20(28-27-18)31-13-19-26-21(29-30-19)16-4-3-5-17(12-16)22(23,24)25/h3-12H,2,13H2,1H3. The predicted molar refractivity (Wildman–Crippen MR) is 111 cm³/mol. The van der Waals surface area contributed by atoms with Gasteiger partial charge in [-0.15, -0.1) is 10.2 Å². The number of halogens is 3. The largest absolute Gasteiger partial charge is 0.416 e. The molecule has 2 heterocycles. The Kier molecular flexibility index (Phi) is 6.03. The minimum Gasteiger partial charge on any atom is -0.338 e. The van der Waals surface area contributed by atoms with Crippen LogP contribution in [-0.2, 0) is 18.3 Å². The summed E-state index contributed by atoms with van der Waals surface area (Å²) in [6.07, 6.45) is -3.45. The van der Waals surface area contributed by atoms with Gasteiger partial charge in [0, 0.05) is 11.1 Å². The lowest BCUT2D eigenvalue weighted by atomic mass is 10.1. The molecule has 0 bridgehead atoms. The van der Waals surface area contributed by atoms with Gasteiger partial charge in [-0.05, 0) is 36.2 Å². The van der Waals surface area contributed by atoms with E-state index in [2.05, 4.69) is 39.4 Å². The summed E-state index contributed by atoms with van der Waals surface area (Å²) in [6.45, 7) is 2.10. The highest BCUT2D eigenvalue weighted by Gasteiger charge is 2.30. The van der Waals surface area contributed by atoms with Crippen LogP contribution in [-0.4, -0.2) is 20.3 Å². The molecule has 0 aliphatic rings. The highest BCUT2D eigenvalue weighted by molar-refractivity contribution is 7.98. The first-order valence-corrected chi connectivity index (χ1v) is 10.5. The van der Waals surface area contributed by atoms with E-state index in [0.29, 0.717) is 16.7 Å². The highest BCUT2D eigenvalue weighted by atomic mass is 32.2. The average Bonchev–Trinajstić information content (AvgIpc) is 3.27. The first-order chi connectivity index (χ1) is 14.9. The molecule has 0 unspecified atom stereocenters. The van der Waals surface area contributed by atoms with Crippen molar-refractivity contribution in [2.45, 2.75) is 30.3 Å². The molecule has 0 N–H and O–H groups in total. The summed E-state index contributed by atoms with van der Waals surface area (Å²) < 4.78 is 43.8. The van der Waals surface area contributed by atoms with Crippen molar-refractivity contribution < 1.29 is 17.7 Å². The molecule has 5 nitrogen and oxygen atoms in total. The van der Waals surface area contributed by atoms with Crippen LogP contribution in [0.1, 0.15) is 23.9 Å². The van der Waals surface area contributed by atoms with E-state index in [1.165, 1.54) is 29.5 Å². The van der Waals surface area contributed by atoms with E-state index in [-0.39, 0.29) is 11.4 Å². The van der Waals surface area contributed by atoms with E-state index in [9.17, 15) is 13.2 Å². The molecule has 4 aromatic rings. The molecule has 9 heteroatoms. The Bertz CT molecular complexity index is 1160. The van der Waals surface area contributed by atoms with Crippen molar-refractivity contribution in [2.24, 2.45) is 0 Å². The number of hydrogen-bond donors (Lipinski definition) is 0. The van der Waals surface area contributed by atoms with Gasteiger partial charge in [0.05, 0.1) is 17.0 Å². The topological polar surface area (TPSA) is 64.7 Å². The van der Waals surface area contributed by atoms with Gasteiger partial charge in [-0.2, -0.15) is 18.2 Å².